The molecule has 0 saturated carbocycles. The molecule has 0 bridgehead atoms. The van der Waals surface area contributed by atoms with Gasteiger partial charge in [-0.3, -0.25) is 0 Å². The molecule has 0 aliphatic carbocycles. The van der Waals surface area contributed by atoms with Crippen molar-refractivity contribution in [3.63, 3.8) is 0 Å². The summed E-state index contributed by atoms with van der Waals surface area (Å²) in [6.07, 6.45) is -0.694. The van der Waals surface area contributed by atoms with Crippen LogP contribution in [0.3, 0.4) is 0 Å². The van der Waals surface area contributed by atoms with Gasteiger partial charge >= 0.3 is 0 Å². The van der Waals surface area contributed by atoms with Crippen LogP contribution in [0.1, 0.15) is 24.2 Å². The zero-order valence-corrected chi connectivity index (χ0v) is 12.6. The summed E-state index contributed by atoms with van der Waals surface area (Å²) in [7, 11) is 3.47. The fourth-order valence-corrected chi connectivity index (χ4v) is 2.16. The van der Waals surface area contributed by atoms with Crippen molar-refractivity contribution in [2.75, 3.05) is 26.1 Å². The van der Waals surface area contributed by atoms with Crippen LogP contribution in [0, 0.1) is 0 Å². The zero-order valence-electron chi connectivity index (χ0n) is 12.6. The number of ether oxygens (including phenoxy) is 2. The van der Waals surface area contributed by atoms with Gasteiger partial charge in [-0.15, -0.1) is 0 Å². The van der Waals surface area contributed by atoms with Gasteiger partial charge in [0.15, 0.2) is 11.5 Å². The topological polar surface area (TPSA) is 50.7 Å². The summed E-state index contributed by atoms with van der Waals surface area (Å²) < 4.78 is 10.8. The van der Waals surface area contributed by atoms with Crippen LogP contribution in [0.4, 0.5) is 5.69 Å². The van der Waals surface area contributed by atoms with Gasteiger partial charge < -0.3 is 19.9 Å². The van der Waals surface area contributed by atoms with Crippen LogP contribution in [-0.2, 0) is 0 Å². The average molecular weight is 287 g/mol. The summed E-state index contributed by atoms with van der Waals surface area (Å²) in [5.41, 5.74) is 2.62. The standard InChI is InChI=1S/C17H21NO3/c1-4-21-16-11-13(7-10-15(16)20-3)17(19)12-5-8-14(18-2)9-6-12/h5-11,17-19H,4H2,1-3H3/t17-/m0/s1. The van der Waals surface area contributed by atoms with Crippen molar-refractivity contribution in [1.29, 1.82) is 0 Å². The van der Waals surface area contributed by atoms with Crippen molar-refractivity contribution in [3.05, 3.63) is 53.6 Å². The van der Waals surface area contributed by atoms with Gasteiger partial charge in [-0.25, -0.2) is 0 Å². The minimum atomic E-state index is -0.694. The molecular weight excluding hydrogens is 266 g/mol. The van der Waals surface area contributed by atoms with E-state index in [1.165, 1.54) is 0 Å². The SMILES string of the molecule is CCOc1cc([C@@H](O)c2ccc(NC)cc2)ccc1OC. The Morgan fingerprint density at radius 3 is 2.29 bits per heavy atom. The Bertz CT molecular complexity index is 581. The number of methoxy groups -OCH3 is 1. The molecule has 2 aromatic rings. The molecule has 0 spiro atoms. The van der Waals surface area contributed by atoms with Crippen LogP contribution in [0.2, 0.25) is 0 Å². The molecule has 0 radical (unpaired) electrons. The molecule has 0 unspecified atom stereocenters. The van der Waals surface area contributed by atoms with Crippen LogP contribution in [0.5, 0.6) is 11.5 Å². The van der Waals surface area contributed by atoms with E-state index in [4.69, 9.17) is 9.47 Å². The lowest BCUT2D eigenvalue weighted by atomic mass is 10.0. The smallest absolute Gasteiger partial charge is 0.161 e. The molecule has 112 valence electrons. The Kier molecular flexibility index (Phi) is 5.06. The first-order chi connectivity index (χ1) is 10.2. The van der Waals surface area contributed by atoms with E-state index in [9.17, 15) is 5.11 Å². The monoisotopic (exact) mass is 287 g/mol. The van der Waals surface area contributed by atoms with Crippen molar-refractivity contribution < 1.29 is 14.6 Å². The van der Waals surface area contributed by atoms with Crippen molar-refractivity contribution in [2.45, 2.75) is 13.0 Å². The van der Waals surface area contributed by atoms with Gasteiger partial charge in [0.05, 0.1) is 13.7 Å². The van der Waals surface area contributed by atoms with Crippen LogP contribution in [0.25, 0.3) is 0 Å². The molecule has 0 aliphatic heterocycles. The number of aliphatic hydroxyl groups is 1. The van der Waals surface area contributed by atoms with Crippen LogP contribution in [-0.4, -0.2) is 25.9 Å². The third kappa shape index (κ3) is 3.47. The molecule has 2 N–H and O–H groups in total. The van der Waals surface area contributed by atoms with E-state index in [1.54, 1.807) is 7.11 Å². The summed E-state index contributed by atoms with van der Waals surface area (Å²) in [6.45, 7) is 2.46. The maximum absolute atomic E-state index is 10.5. The normalized spacial score (nSPS) is 11.8. The van der Waals surface area contributed by atoms with Crippen molar-refractivity contribution in [1.82, 2.24) is 0 Å². The van der Waals surface area contributed by atoms with E-state index < -0.39 is 6.10 Å². The number of nitrogens with one attached hydrogen (secondary N) is 1. The molecule has 0 aromatic heterocycles. The highest BCUT2D eigenvalue weighted by atomic mass is 16.5. The van der Waals surface area contributed by atoms with E-state index in [2.05, 4.69) is 5.32 Å². The van der Waals surface area contributed by atoms with E-state index in [-0.39, 0.29) is 0 Å². The number of benzene rings is 2. The quantitative estimate of drug-likeness (QED) is 0.856. The maximum atomic E-state index is 10.5. The molecule has 0 heterocycles. The molecule has 0 amide bonds. The fourth-order valence-electron chi connectivity index (χ4n) is 2.16. The van der Waals surface area contributed by atoms with Gasteiger partial charge in [-0.2, -0.15) is 0 Å². The summed E-state index contributed by atoms with van der Waals surface area (Å²) in [6, 6.07) is 13.2. The van der Waals surface area contributed by atoms with Gasteiger partial charge in [0, 0.05) is 12.7 Å². The lowest BCUT2D eigenvalue weighted by molar-refractivity contribution is 0.219. The molecule has 4 heteroatoms. The number of hydrogen-bond donors (Lipinski definition) is 2. The summed E-state index contributed by atoms with van der Waals surface area (Å²) in [4.78, 5) is 0. The Morgan fingerprint density at radius 2 is 1.71 bits per heavy atom. The van der Waals surface area contributed by atoms with Crippen LogP contribution in [0.15, 0.2) is 42.5 Å². The van der Waals surface area contributed by atoms with Crippen LogP contribution < -0.4 is 14.8 Å². The van der Waals surface area contributed by atoms with Gasteiger partial charge in [0.1, 0.15) is 6.10 Å². The summed E-state index contributed by atoms with van der Waals surface area (Å²) >= 11 is 0. The first kappa shape index (κ1) is 15.2. The van der Waals surface area contributed by atoms with Crippen molar-refractivity contribution >= 4 is 5.69 Å². The predicted molar refractivity (Wildman–Crippen MR) is 84.2 cm³/mol. The lowest BCUT2D eigenvalue weighted by Gasteiger charge is -2.15. The van der Waals surface area contributed by atoms with Crippen LogP contribution >= 0.6 is 0 Å². The second-order valence-corrected chi connectivity index (χ2v) is 4.62. The van der Waals surface area contributed by atoms with Gasteiger partial charge in [0.25, 0.3) is 0 Å². The Hall–Kier alpha value is -2.20. The largest absolute Gasteiger partial charge is 0.493 e. The highest BCUT2D eigenvalue weighted by molar-refractivity contribution is 5.48. The highest BCUT2D eigenvalue weighted by Gasteiger charge is 2.13. The second kappa shape index (κ2) is 6.99. The molecule has 4 nitrogen and oxygen atoms in total. The molecule has 0 fully saturated rings. The van der Waals surface area contributed by atoms with Gasteiger partial charge in [-0.1, -0.05) is 18.2 Å². The van der Waals surface area contributed by atoms with E-state index >= 15 is 0 Å². The van der Waals surface area contributed by atoms with Gasteiger partial charge in [0.2, 0.25) is 0 Å². The van der Waals surface area contributed by atoms with E-state index in [0.717, 1.165) is 16.8 Å². The minimum absolute atomic E-state index is 0.548. The predicted octanol–water partition coefficient (Wildman–Crippen LogP) is 3.22. The fraction of sp³-hybridized carbons (Fsp3) is 0.294. The number of rotatable bonds is 6. The minimum Gasteiger partial charge on any atom is -0.493 e. The second-order valence-electron chi connectivity index (χ2n) is 4.62. The Balaban J connectivity index is 2.28. The lowest BCUT2D eigenvalue weighted by Crippen LogP contribution is -2.02. The van der Waals surface area contributed by atoms with E-state index in [0.29, 0.717) is 18.1 Å². The molecule has 1 atom stereocenters. The first-order valence-electron chi connectivity index (χ1n) is 6.96. The number of aliphatic hydroxyl groups excluding tert-OH is 1. The van der Waals surface area contributed by atoms with Crippen molar-refractivity contribution in [2.24, 2.45) is 0 Å². The molecule has 21 heavy (non-hydrogen) atoms. The summed E-state index contributed by atoms with van der Waals surface area (Å²) in [5, 5.41) is 13.6. The molecular formula is C17H21NO3. The first-order valence-corrected chi connectivity index (χ1v) is 6.96. The zero-order chi connectivity index (χ0) is 15.2. The van der Waals surface area contributed by atoms with Gasteiger partial charge in [-0.05, 0) is 42.3 Å². The third-order valence-electron chi connectivity index (χ3n) is 3.32. The molecule has 2 aromatic carbocycles. The maximum Gasteiger partial charge on any atom is 0.161 e. The average Bonchev–Trinajstić information content (AvgIpc) is 2.54. The summed E-state index contributed by atoms with van der Waals surface area (Å²) in [5.74, 6) is 1.31. The molecule has 0 saturated heterocycles. The Labute approximate surface area is 125 Å². The highest BCUT2D eigenvalue weighted by Crippen LogP contribution is 2.32. The Morgan fingerprint density at radius 1 is 1.05 bits per heavy atom. The number of anilines is 1. The van der Waals surface area contributed by atoms with E-state index in [1.807, 2.05) is 56.4 Å². The third-order valence-corrected chi connectivity index (χ3v) is 3.32. The molecule has 0 aliphatic rings. The molecule has 2 rings (SSSR count). The van der Waals surface area contributed by atoms with Crippen molar-refractivity contribution in [3.8, 4) is 11.5 Å². The number of hydrogen-bond acceptors (Lipinski definition) is 4.